The Hall–Kier alpha value is -0.520. The molecule has 92 valence electrons. The van der Waals surface area contributed by atoms with Crippen molar-refractivity contribution in [2.75, 3.05) is 13.2 Å². The Labute approximate surface area is 102 Å². The van der Waals surface area contributed by atoms with Crippen LogP contribution >= 0.6 is 12.6 Å². The molecule has 1 aliphatic rings. The maximum Gasteiger partial charge on any atom is 0.362 e. The zero-order valence-electron chi connectivity index (χ0n) is 10.2. The second kappa shape index (κ2) is 4.39. The van der Waals surface area contributed by atoms with E-state index in [2.05, 4.69) is 19.2 Å². The summed E-state index contributed by atoms with van der Waals surface area (Å²) >= 11 is 3.88. The molecule has 0 atom stereocenters. The monoisotopic (exact) mass is 245 g/mol. The molecule has 0 N–H and O–H groups in total. The summed E-state index contributed by atoms with van der Waals surface area (Å²) in [6, 6.07) is 0. The van der Waals surface area contributed by atoms with Crippen molar-refractivity contribution in [3.05, 3.63) is 11.5 Å². The SMILES string of the molecule is C=C(S)C(=O)ON1C(C)(C)COCC1(C)C. The van der Waals surface area contributed by atoms with Crippen LogP contribution in [0.5, 0.6) is 0 Å². The van der Waals surface area contributed by atoms with Crippen molar-refractivity contribution in [1.82, 2.24) is 5.06 Å². The van der Waals surface area contributed by atoms with E-state index < -0.39 is 5.97 Å². The van der Waals surface area contributed by atoms with E-state index in [0.29, 0.717) is 13.2 Å². The van der Waals surface area contributed by atoms with E-state index in [4.69, 9.17) is 9.57 Å². The third-order valence-corrected chi connectivity index (χ3v) is 2.60. The van der Waals surface area contributed by atoms with E-state index in [1.807, 2.05) is 27.7 Å². The second-order valence-corrected chi connectivity index (χ2v) is 5.78. The predicted molar refractivity (Wildman–Crippen MR) is 65.0 cm³/mol. The van der Waals surface area contributed by atoms with Crippen molar-refractivity contribution in [3.8, 4) is 0 Å². The largest absolute Gasteiger partial charge is 0.377 e. The number of hydrogen-bond acceptors (Lipinski definition) is 5. The van der Waals surface area contributed by atoms with E-state index in [9.17, 15) is 4.79 Å². The Bertz CT molecular complexity index is 296. The van der Waals surface area contributed by atoms with Crippen LogP contribution in [0.25, 0.3) is 0 Å². The van der Waals surface area contributed by atoms with Crippen molar-refractivity contribution in [1.29, 1.82) is 0 Å². The predicted octanol–water partition coefficient (Wildman–Crippen LogP) is 1.78. The first-order valence-electron chi connectivity index (χ1n) is 5.15. The molecule has 4 nitrogen and oxygen atoms in total. The molecular weight excluding hydrogens is 226 g/mol. The smallest absolute Gasteiger partial charge is 0.362 e. The van der Waals surface area contributed by atoms with Crippen LogP contribution < -0.4 is 0 Å². The average Bonchev–Trinajstić information content (AvgIpc) is 2.10. The molecule has 1 saturated heterocycles. The van der Waals surface area contributed by atoms with Gasteiger partial charge in [0.15, 0.2) is 0 Å². The molecule has 1 rings (SSSR count). The van der Waals surface area contributed by atoms with E-state index in [0.717, 1.165) is 0 Å². The summed E-state index contributed by atoms with van der Waals surface area (Å²) in [7, 11) is 0. The molecule has 0 amide bonds. The summed E-state index contributed by atoms with van der Waals surface area (Å²) in [4.78, 5) is 16.9. The average molecular weight is 245 g/mol. The molecular formula is C11H19NO3S. The standard InChI is InChI=1S/C11H19NO3S/c1-8(16)9(13)15-12-10(2,3)6-14-7-11(12,4)5/h16H,1,6-7H2,2-5H3. The van der Waals surface area contributed by atoms with Crippen LogP contribution in [-0.4, -0.2) is 35.3 Å². The summed E-state index contributed by atoms with van der Waals surface area (Å²) in [5.74, 6) is -0.522. The lowest BCUT2D eigenvalue weighted by Crippen LogP contribution is -2.63. The lowest BCUT2D eigenvalue weighted by atomic mass is 9.95. The molecule has 0 spiro atoms. The first kappa shape index (κ1) is 13.5. The fraction of sp³-hybridized carbons (Fsp3) is 0.727. The second-order valence-electron chi connectivity index (χ2n) is 5.24. The van der Waals surface area contributed by atoms with Crippen LogP contribution in [0, 0.1) is 0 Å². The normalized spacial score (nSPS) is 23.8. The zero-order chi connectivity index (χ0) is 12.6. The van der Waals surface area contributed by atoms with Gasteiger partial charge in [-0.05, 0) is 27.7 Å². The van der Waals surface area contributed by atoms with Crippen molar-refractivity contribution in [2.45, 2.75) is 38.8 Å². The molecule has 0 aromatic rings. The van der Waals surface area contributed by atoms with E-state index in [1.165, 1.54) is 0 Å². The molecule has 0 radical (unpaired) electrons. The number of hydrogen-bond donors (Lipinski definition) is 1. The molecule has 0 aromatic carbocycles. The Morgan fingerprint density at radius 2 is 1.75 bits per heavy atom. The van der Waals surface area contributed by atoms with Crippen LogP contribution in [-0.2, 0) is 14.4 Å². The first-order chi connectivity index (χ1) is 7.17. The number of rotatable bonds is 2. The number of carbonyl (C=O) groups excluding carboxylic acids is 1. The Balaban J connectivity index is 2.87. The van der Waals surface area contributed by atoms with Gasteiger partial charge in [0, 0.05) is 0 Å². The third kappa shape index (κ3) is 2.78. The highest BCUT2D eigenvalue weighted by Gasteiger charge is 2.45. The summed E-state index contributed by atoms with van der Waals surface area (Å²) in [5.41, 5.74) is -0.721. The molecule has 0 aromatic heterocycles. The Kier molecular flexibility index (Phi) is 3.72. The molecule has 0 aliphatic carbocycles. The highest BCUT2D eigenvalue weighted by atomic mass is 32.1. The van der Waals surface area contributed by atoms with E-state index in [1.54, 1.807) is 5.06 Å². The molecule has 1 fully saturated rings. The van der Waals surface area contributed by atoms with Gasteiger partial charge < -0.3 is 9.57 Å². The van der Waals surface area contributed by atoms with Crippen LogP contribution in [0.15, 0.2) is 11.5 Å². The minimum Gasteiger partial charge on any atom is -0.377 e. The van der Waals surface area contributed by atoms with Gasteiger partial charge in [0.2, 0.25) is 0 Å². The lowest BCUT2D eigenvalue weighted by molar-refractivity contribution is -0.288. The summed E-state index contributed by atoms with van der Waals surface area (Å²) in [5, 5.41) is 1.67. The molecule has 1 aliphatic heterocycles. The number of thiol groups is 1. The maximum atomic E-state index is 11.5. The topological polar surface area (TPSA) is 38.8 Å². The highest BCUT2D eigenvalue weighted by Crippen LogP contribution is 2.31. The van der Waals surface area contributed by atoms with Crippen molar-refractivity contribution in [3.63, 3.8) is 0 Å². The maximum absolute atomic E-state index is 11.5. The van der Waals surface area contributed by atoms with Gasteiger partial charge in [-0.25, -0.2) is 4.79 Å². The van der Waals surface area contributed by atoms with Gasteiger partial charge in [-0.2, -0.15) is 0 Å². The van der Waals surface area contributed by atoms with Gasteiger partial charge >= 0.3 is 5.97 Å². The van der Waals surface area contributed by atoms with Crippen LogP contribution in [0.2, 0.25) is 0 Å². The van der Waals surface area contributed by atoms with Gasteiger partial charge in [-0.3, -0.25) is 0 Å². The molecule has 1 heterocycles. The van der Waals surface area contributed by atoms with Gasteiger partial charge in [-0.15, -0.1) is 17.7 Å². The lowest BCUT2D eigenvalue weighted by Gasteiger charge is -2.49. The number of hydroxylamine groups is 2. The number of morpholine rings is 1. The summed E-state index contributed by atoms with van der Waals surface area (Å²) in [6.07, 6.45) is 0. The van der Waals surface area contributed by atoms with Crippen molar-refractivity contribution >= 4 is 18.6 Å². The van der Waals surface area contributed by atoms with Gasteiger partial charge in [-0.1, -0.05) is 6.58 Å². The molecule has 0 unspecified atom stereocenters. The molecule has 0 saturated carbocycles. The molecule has 0 bridgehead atoms. The number of carbonyl (C=O) groups is 1. The number of ether oxygens (including phenoxy) is 1. The first-order valence-corrected chi connectivity index (χ1v) is 5.60. The highest BCUT2D eigenvalue weighted by molar-refractivity contribution is 7.85. The van der Waals surface area contributed by atoms with Crippen LogP contribution in [0.3, 0.4) is 0 Å². The minimum absolute atomic E-state index is 0.0955. The Morgan fingerprint density at radius 1 is 1.31 bits per heavy atom. The van der Waals surface area contributed by atoms with Crippen LogP contribution in [0.4, 0.5) is 0 Å². The van der Waals surface area contributed by atoms with Gasteiger partial charge in [0.05, 0.1) is 29.2 Å². The summed E-state index contributed by atoms with van der Waals surface area (Å²) < 4.78 is 5.50. The fourth-order valence-corrected chi connectivity index (χ4v) is 1.91. The van der Waals surface area contributed by atoms with Crippen molar-refractivity contribution in [2.24, 2.45) is 0 Å². The van der Waals surface area contributed by atoms with E-state index in [-0.39, 0.29) is 16.0 Å². The quantitative estimate of drug-likeness (QED) is 0.594. The number of nitrogens with zero attached hydrogens (tertiary/aromatic N) is 1. The molecule has 16 heavy (non-hydrogen) atoms. The fourth-order valence-electron chi connectivity index (χ4n) is 1.87. The third-order valence-electron chi connectivity index (χ3n) is 2.42. The zero-order valence-corrected chi connectivity index (χ0v) is 11.1. The Morgan fingerprint density at radius 3 is 2.12 bits per heavy atom. The molecule has 5 heteroatoms. The van der Waals surface area contributed by atoms with E-state index >= 15 is 0 Å². The summed E-state index contributed by atoms with van der Waals surface area (Å²) in [6.45, 7) is 12.3. The van der Waals surface area contributed by atoms with Crippen LogP contribution in [0.1, 0.15) is 27.7 Å². The van der Waals surface area contributed by atoms with Crippen molar-refractivity contribution < 1.29 is 14.4 Å². The van der Waals surface area contributed by atoms with Gasteiger partial charge in [0.1, 0.15) is 0 Å². The van der Waals surface area contributed by atoms with Gasteiger partial charge in [0.25, 0.3) is 0 Å². The minimum atomic E-state index is -0.522.